The molecule has 128 valence electrons. The Kier molecular flexibility index (Phi) is 6.39. The molecule has 2 rings (SSSR count). The van der Waals surface area contributed by atoms with Crippen molar-refractivity contribution in [3.8, 4) is 0 Å². The number of hydrogen-bond donors (Lipinski definition) is 2. The first kappa shape index (κ1) is 17.7. The van der Waals surface area contributed by atoms with Crippen LogP contribution in [0.4, 0.5) is 5.82 Å². The number of aliphatic hydroxyl groups is 1. The molecule has 2 heterocycles. The third-order valence-corrected chi connectivity index (χ3v) is 4.87. The molecule has 1 fully saturated rings. The molecule has 1 aliphatic rings. The molecule has 1 aromatic heterocycles. The summed E-state index contributed by atoms with van der Waals surface area (Å²) in [4.78, 5) is 18.9. The van der Waals surface area contributed by atoms with Crippen molar-refractivity contribution in [2.45, 2.75) is 46.1 Å². The molecule has 0 aromatic carbocycles. The first-order valence-electron chi connectivity index (χ1n) is 8.64. The zero-order valence-corrected chi connectivity index (χ0v) is 14.5. The predicted octanol–water partition coefficient (Wildman–Crippen LogP) is 2.13. The molecule has 2 N–H and O–H groups in total. The van der Waals surface area contributed by atoms with Gasteiger partial charge in [0.1, 0.15) is 5.82 Å². The van der Waals surface area contributed by atoms with Crippen LogP contribution in [0.5, 0.6) is 0 Å². The Labute approximate surface area is 139 Å². The van der Waals surface area contributed by atoms with E-state index >= 15 is 0 Å². The van der Waals surface area contributed by atoms with Gasteiger partial charge in [0.25, 0.3) is 0 Å². The first-order chi connectivity index (χ1) is 11.0. The van der Waals surface area contributed by atoms with E-state index in [9.17, 15) is 9.90 Å². The molecule has 0 bridgehead atoms. The van der Waals surface area contributed by atoms with Gasteiger partial charge in [0.2, 0.25) is 5.91 Å². The number of carbonyl (C=O) groups is 1. The number of aryl methyl sites for hydroxylation is 1. The molecular formula is C18H29N3O2. The number of hydrogen-bond acceptors (Lipinski definition) is 4. The normalized spacial score (nSPS) is 18.5. The van der Waals surface area contributed by atoms with Crippen LogP contribution < -0.4 is 10.2 Å². The lowest BCUT2D eigenvalue weighted by molar-refractivity contribution is -0.126. The van der Waals surface area contributed by atoms with Crippen molar-refractivity contribution in [3.05, 3.63) is 23.9 Å². The second-order valence-corrected chi connectivity index (χ2v) is 6.65. The Balaban J connectivity index is 1.77. The van der Waals surface area contributed by atoms with E-state index in [0.29, 0.717) is 6.54 Å². The topological polar surface area (TPSA) is 65.5 Å². The summed E-state index contributed by atoms with van der Waals surface area (Å²) in [6.45, 7) is 8.13. The van der Waals surface area contributed by atoms with Crippen molar-refractivity contribution in [1.82, 2.24) is 10.3 Å². The summed E-state index contributed by atoms with van der Waals surface area (Å²) < 4.78 is 0. The largest absolute Gasteiger partial charge is 0.391 e. The number of aromatic nitrogens is 1. The van der Waals surface area contributed by atoms with Crippen LogP contribution in [0.25, 0.3) is 0 Å². The highest BCUT2D eigenvalue weighted by Crippen LogP contribution is 2.22. The minimum atomic E-state index is -0.458. The smallest absolute Gasteiger partial charge is 0.223 e. The van der Waals surface area contributed by atoms with E-state index < -0.39 is 6.10 Å². The number of aliphatic hydroxyl groups excluding tert-OH is 1. The Morgan fingerprint density at radius 1 is 1.43 bits per heavy atom. The summed E-state index contributed by atoms with van der Waals surface area (Å²) in [5.74, 6) is 1.32. The Hall–Kier alpha value is -1.62. The molecule has 0 saturated carbocycles. The molecule has 0 spiro atoms. The van der Waals surface area contributed by atoms with Crippen LogP contribution in [0.2, 0.25) is 0 Å². The number of carbonyl (C=O) groups excluding carboxylic acids is 1. The summed E-state index contributed by atoms with van der Waals surface area (Å²) in [6.07, 6.45) is 4.01. The Morgan fingerprint density at radius 3 is 2.70 bits per heavy atom. The molecule has 5 heteroatoms. The standard InChI is InChI=1S/C18H29N3O2/c1-4-14(3)16(22)12-20-18(23)15-7-9-21(10-8-15)17-6-5-13(2)11-19-17/h5-6,11,14-16,22H,4,7-10,12H2,1-3H3,(H,20,23). The van der Waals surface area contributed by atoms with Gasteiger partial charge < -0.3 is 15.3 Å². The van der Waals surface area contributed by atoms with Gasteiger partial charge in [-0.1, -0.05) is 26.3 Å². The molecule has 2 unspecified atom stereocenters. The third-order valence-electron chi connectivity index (χ3n) is 4.87. The maximum atomic E-state index is 12.2. The zero-order chi connectivity index (χ0) is 16.8. The van der Waals surface area contributed by atoms with Crippen molar-refractivity contribution >= 4 is 11.7 Å². The van der Waals surface area contributed by atoms with E-state index in [4.69, 9.17) is 0 Å². The number of piperidine rings is 1. The number of nitrogens with zero attached hydrogens (tertiary/aromatic N) is 2. The molecule has 1 aromatic rings. The quantitative estimate of drug-likeness (QED) is 0.843. The molecular weight excluding hydrogens is 290 g/mol. The van der Waals surface area contributed by atoms with Gasteiger partial charge in [0, 0.05) is 31.7 Å². The molecule has 1 saturated heterocycles. The Morgan fingerprint density at radius 2 is 2.13 bits per heavy atom. The fourth-order valence-electron chi connectivity index (χ4n) is 2.84. The summed E-state index contributed by atoms with van der Waals surface area (Å²) in [7, 11) is 0. The van der Waals surface area contributed by atoms with Crippen LogP contribution in [0.3, 0.4) is 0 Å². The lowest BCUT2D eigenvalue weighted by Crippen LogP contribution is -2.43. The van der Waals surface area contributed by atoms with E-state index in [0.717, 1.165) is 43.7 Å². The fourth-order valence-corrected chi connectivity index (χ4v) is 2.84. The number of anilines is 1. The second kappa shape index (κ2) is 8.29. The number of rotatable bonds is 6. The van der Waals surface area contributed by atoms with E-state index in [1.54, 1.807) is 0 Å². The van der Waals surface area contributed by atoms with Crippen LogP contribution in [-0.4, -0.2) is 41.7 Å². The summed E-state index contributed by atoms with van der Waals surface area (Å²) >= 11 is 0. The van der Waals surface area contributed by atoms with Gasteiger partial charge in [0.15, 0.2) is 0 Å². The predicted molar refractivity (Wildman–Crippen MR) is 92.4 cm³/mol. The molecule has 0 aliphatic carbocycles. The van der Waals surface area contributed by atoms with Crippen LogP contribution >= 0.6 is 0 Å². The van der Waals surface area contributed by atoms with Crippen molar-refractivity contribution in [2.75, 3.05) is 24.5 Å². The monoisotopic (exact) mass is 319 g/mol. The van der Waals surface area contributed by atoms with Gasteiger partial charge in [-0.3, -0.25) is 4.79 Å². The first-order valence-corrected chi connectivity index (χ1v) is 8.64. The number of amides is 1. The maximum absolute atomic E-state index is 12.2. The minimum absolute atomic E-state index is 0.0424. The van der Waals surface area contributed by atoms with E-state index in [-0.39, 0.29) is 17.7 Å². The van der Waals surface area contributed by atoms with Crippen LogP contribution in [-0.2, 0) is 4.79 Å². The van der Waals surface area contributed by atoms with Gasteiger partial charge in [-0.05, 0) is 37.3 Å². The second-order valence-electron chi connectivity index (χ2n) is 6.65. The molecule has 1 amide bonds. The highest BCUT2D eigenvalue weighted by Gasteiger charge is 2.26. The number of pyridine rings is 1. The summed E-state index contributed by atoms with van der Waals surface area (Å²) in [6, 6.07) is 4.11. The molecule has 1 aliphatic heterocycles. The van der Waals surface area contributed by atoms with Crippen LogP contribution in [0, 0.1) is 18.8 Å². The van der Waals surface area contributed by atoms with Gasteiger partial charge in [-0.15, -0.1) is 0 Å². The minimum Gasteiger partial charge on any atom is -0.391 e. The molecule has 2 atom stereocenters. The van der Waals surface area contributed by atoms with Gasteiger partial charge >= 0.3 is 0 Å². The molecule has 5 nitrogen and oxygen atoms in total. The van der Waals surface area contributed by atoms with Crippen LogP contribution in [0.15, 0.2) is 18.3 Å². The average molecular weight is 319 g/mol. The van der Waals surface area contributed by atoms with Crippen molar-refractivity contribution in [3.63, 3.8) is 0 Å². The number of nitrogens with one attached hydrogen (secondary N) is 1. The third kappa shape index (κ3) is 4.93. The SMILES string of the molecule is CCC(C)C(O)CNC(=O)C1CCN(c2ccc(C)cn2)CC1. The van der Waals surface area contributed by atoms with Crippen molar-refractivity contribution < 1.29 is 9.90 Å². The lowest BCUT2D eigenvalue weighted by Gasteiger charge is -2.32. The van der Waals surface area contributed by atoms with E-state index in [1.165, 1.54) is 0 Å². The highest BCUT2D eigenvalue weighted by atomic mass is 16.3. The summed E-state index contributed by atoms with van der Waals surface area (Å²) in [5, 5.41) is 12.9. The van der Waals surface area contributed by atoms with Crippen molar-refractivity contribution in [2.24, 2.45) is 11.8 Å². The highest BCUT2D eigenvalue weighted by molar-refractivity contribution is 5.79. The molecule has 0 radical (unpaired) electrons. The zero-order valence-electron chi connectivity index (χ0n) is 14.5. The van der Waals surface area contributed by atoms with Gasteiger partial charge in [-0.25, -0.2) is 4.98 Å². The average Bonchev–Trinajstić information content (AvgIpc) is 2.59. The van der Waals surface area contributed by atoms with E-state index in [1.807, 2.05) is 33.0 Å². The fraction of sp³-hybridized carbons (Fsp3) is 0.667. The lowest BCUT2D eigenvalue weighted by atomic mass is 9.95. The Bertz CT molecular complexity index is 495. The maximum Gasteiger partial charge on any atom is 0.223 e. The van der Waals surface area contributed by atoms with Crippen LogP contribution in [0.1, 0.15) is 38.7 Å². The van der Waals surface area contributed by atoms with Gasteiger partial charge in [0.05, 0.1) is 6.10 Å². The molecule has 23 heavy (non-hydrogen) atoms. The summed E-state index contributed by atoms with van der Waals surface area (Å²) in [5.41, 5.74) is 1.16. The van der Waals surface area contributed by atoms with E-state index in [2.05, 4.69) is 21.3 Å². The van der Waals surface area contributed by atoms with Gasteiger partial charge in [-0.2, -0.15) is 0 Å². The van der Waals surface area contributed by atoms with Crippen molar-refractivity contribution in [1.29, 1.82) is 0 Å².